The Labute approximate surface area is 135 Å². The fourth-order valence-electron chi connectivity index (χ4n) is 1.48. The molecule has 6 nitrogen and oxygen atoms in total. The lowest BCUT2D eigenvalue weighted by Crippen LogP contribution is -2.30. The summed E-state index contributed by atoms with van der Waals surface area (Å²) in [6.07, 6.45) is 2.06. The molecule has 0 aliphatic rings. The second-order valence-electron chi connectivity index (χ2n) is 4.09. The molecule has 1 atom stereocenters. The molecular formula is C14H12IN3O3. The number of hydrogen-bond acceptors (Lipinski definition) is 5. The lowest BCUT2D eigenvalue weighted by Gasteiger charge is -2.13. The maximum atomic E-state index is 12.0. The molecule has 0 spiro atoms. The molecule has 0 fully saturated rings. The predicted molar refractivity (Wildman–Crippen MR) is 84.7 cm³/mol. The number of halogens is 1. The van der Waals surface area contributed by atoms with Crippen molar-refractivity contribution >= 4 is 40.4 Å². The monoisotopic (exact) mass is 397 g/mol. The summed E-state index contributed by atoms with van der Waals surface area (Å²) < 4.78 is 5.90. The third-order valence-corrected chi connectivity index (χ3v) is 3.49. The van der Waals surface area contributed by atoms with Crippen molar-refractivity contribution in [3.05, 3.63) is 51.9 Å². The van der Waals surface area contributed by atoms with Crippen molar-refractivity contribution in [2.24, 2.45) is 0 Å². The van der Waals surface area contributed by atoms with Crippen molar-refractivity contribution in [2.45, 2.75) is 13.0 Å². The van der Waals surface area contributed by atoms with Gasteiger partial charge in [-0.3, -0.25) is 10.1 Å². The van der Waals surface area contributed by atoms with Gasteiger partial charge in [-0.15, -0.1) is 0 Å². The first-order chi connectivity index (χ1) is 10.1. The number of hydrogen-bond donors (Lipinski definition) is 1. The number of esters is 1. The third-order valence-electron chi connectivity index (χ3n) is 2.55. The van der Waals surface area contributed by atoms with E-state index in [1.165, 1.54) is 19.3 Å². The molecule has 0 saturated heterocycles. The van der Waals surface area contributed by atoms with Crippen molar-refractivity contribution < 1.29 is 14.3 Å². The van der Waals surface area contributed by atoms with E-state index < -0.39 is 18.0 Å². The van der Waals surface area contributed by atoms with Crippen LogP contribution in [0.4, 0.5) is 5.95 Å². The molecule has 0 aliphatic heterocycles. The average molecular weight is 397 g/mol. The molecular weight excluding hydrogens is 385 g/mol. The SMILES string of the molecule is CC(OC(=O)c1ccccc1I)C(=O)Nc1ncccn1. The minimum absolute atomic E-state index is 0.166. The van der Waals surface area contributed by atoms with Crippen molar-refractivity contribution in [3.8, 4) is 0 Å². The Kier molecular flexibility index (Phi) is 5.20. The lowest BCUT2D eigenvalue weighted by molar-refractivity contribution is -0.123. The number of amides is 1. The Morgan fingerprint density at radius 2 is 1.86 bits per heavy atom. The topological polar surface area (TPSA) is 81.2 Å². The van der Waals surface area contributed by atoms with Gasteiger partial charge in [0.2, 0.25) is 5.95 Å². The van der Waals surface area contributed by atoms with Crippen LogP contribution in [-0.2, 0) is 9.53 Å². The summed E-state index contributed by atoms with van der Waals surface area (Å²) in [4.78, 5) is 31.6. The highest BCUT2D eigenvalue weighted by Crippen LogP contribution is 2.13. The Bertz CT molecular complexity index is 649. The van der Waals surface area contributed by atoms with Crippen LogP contribution in [-0.4, -0.2) is 27.9 Å². The predicted octanol–water partition coefficient (Wildman–Crippen LogP) is 2.27. The first kappa shape index (κ1) is 15.4. The molecule has 1 heterocycles. The summed E-state index contributed by atoms with van der Waals surface area (Å²) >= 11 is 2.04. The van der Waals surface area contributed by atoms with Crippen LogP contribution >= 0.6 is 22.6 Å². The third kappa shape index (κ3) is 4.22. The van der Waals surface area contributed by atoms with Gasteiger partial charge in [0.25, 0.3) is 5.91 Å². The number of anilines is 1. The molecule has 108 valence electrons. The number of nitrogens with one attached hydrogen (secondary N) is 1. The summed E-state index contributed by atoms with van der Waals surface area (Å²) in [5, 5.41) is 2.47. The Morgan fingerprint density at radius 3 is 2.52 bits per heavy atom. The molecule has 1 aromatic carbocycles. The standard InChI is InChI=1S/C14H12IN3O3/c1-9(12(19)18-14-16-7-4-8-17-14)21-13(20)10-5-2-3-6-11(10)15/h2-9H,1H3,(H,16,17,18,19). The molecule has 2 aromatic rings. The fraction of sp³-hybridized carbons (Fsp3) is 0.143. The first-order valence-electron chi connectivity index (χ1n) is 6.11. The number of aromatic nitrogens is 2. The zero-order valence-corrected chi connectivity index (χ0v) is 13.3. The van der Waals surface area contributed by atoms with E-state index in [1.807, 2.05) is 28.7 Å². The number of carbonyl (C=O) groups is 2. The number of nitrogens with zero attached hydrogens (tertiary/aromatic N) is 2. The van der Waals surface area contributed by atoms with E-state index in [0.717, 1.165) is 3.57 Å². The largest absolute Gasteiger partial charge is 0.449 e. The quantitative estimate of drug-likeness (QED) is 0.633. The van der Waals surface area contributed by atoms with Crippen LogP contribution in [0.5, 0.6) is 0 Å². The number of rotatable bonds is 4. The Balaban J connectivity index is 1.98. The van der Waals surface area contributed by atoms with E-state index in [4.69, 9.17) is 4.74 Å². The average Bonchev–Trinajstić information content (AvgIpc) is 2.48. The summed E-state index contributed by atoms with van der Waals surface area (Å²) in [7, 11) is 0. The first-order valence-corrected chi connectivity index (χ1v) is 7.19. The van der Waals surface area contributed by atoms with Crippen molar-refractivity contribution in [1.29, 1.82) is 0 Å². The number of benzene rings is 1. The van der Waals surface area contributed by atoms with Crippen LogP contribution in [0.15, 0.2) is 42.7 Å². The minimum Gasteiger partial charge on any atom is -0.449 e. The molecule has 21 heavy (non-hydrogen) atoms. The van der Waals surface area contributed by atoms with E-state index in [-0.39, 0.29) is 5.95 Å². The molecule has 2 rings (SSSR count). The van der Waals surface area contributed by atoms with Gasteiger partial charge in [-0.2, -0.15) is 0 Å². The van der Waals surface area contributed by atoms with E-state index >= 15 is 0 Å². The normalized spacial score (nSPS) is 11.5. The molecule has 1 N–H and O–H groups in total. The minimum atomic E-state index is -0.947. The lowest BCUT2D eigenvalue weighted by atomic mass is 10.2. The Hall–Kier alpha value is -2.03. The summed E-state index contributed by atoms with van der Waals surface area (Å²) in [5.74, 6) is -0.864. The maximum absolute atomic E-state index is 12.0. The molecule has 1 aromatic heterocycles. The molecule has 1 unspecified atom stereocenters. The van der Waals surface area contributed by atoms with Gasteiger partial charge in [0.1, 0.15) is 0 Å². The fourth-order valence-corrected chi connectivity index (χ4v) is 2.09. The van der Waals surface area contributed by atoms with Crippen molar-refractivity contribution in [3.63, 3.8) is 0 Å². The highest BCUT2D eigenvalue weighted by molar-refractivity contribution is 14.1. The second-order valence-corrected chi connectivity index (χ2v) is 5.25. The van der Waals surface area contributed by atoms with Crippen LogP contribution in [0.1, 0.15) is 17.3 Å². The van der Waals surface area contributed by atoms with E-state index in [1.54, 1.807) is 24.3 Å². The van der Waals surface area contributed by atoms with E-state index in [2.05, 4.69) is 15.3 Å². The molecule has 7 heteroatoms. The van der Waals surface area contributed by atoms with E-state index in [0.29, 0.717) is 5.56 Å². The highest BCUT2D eigenvalue weighted by Gasteiger charge is 2.20. The van der Waals surface area contributed by atoms with Crippen LogP contribution in [0, 0.1) is 3.57 Å². The van der Waals surface area contributed by atoms with Crippen LogP contribution < -0.4 is 5.32 Å². The van der Waals surface area contributed by atoms with Gasteiger partial charge in [0.05, 0.1) is 5.56 Å². The molecule has 0 aliphatic carbocycles. The van der Waals surface area contributed by atoms with Crippen LogP contribution in [0.2, 0.25) is 0 Å². The van der Waals surface area contributed by atoms with Gasteiger partial charge in [-0.05, 0) is 47.7 Å². The molecule has 1 amide bonds. The van der Waals surface area contributed by atoms with Gasteiger partial charge in [0.15, 0.2) is 6.10 Å². The highest BCUT2D eigenvalue weighted by atomic mass is 127. The second kappa shape index (κ2) is 7.11. The van der Waals surface area contributed by atoms with Crippen molar-refractivity contribution in [2.75, 3.05) is 5.32 Å². The van der Waals surface area contributed by atoms with Gasteiger partial charge in [0, 0.05) is 16.0 Å². The van der Waals surface area contributed by atoms with Crippen LogP contribution in [0.25, 0.3) is 0 Å². The molecule has 0 radical (unpaired) electrons. The maximum Gasteiger partial charge on any atom is 0.339 e. The zero-order valence-electron chi connectivity index (χ0n) is 11.1. The van der Waals surface area contributed by atoms with E-state index in [9.17, 15) is 9.59 Å². The van der Waals surface area contributed by atoms with Gasteiger partial charge < -0.3 is 4.74 Å². The van der Waals surface area contributed by atoms with Gasteiger partial charge in [-0.25, -0.2) is 14.8 Å². The van der Waals surface area contributed by atoms with Gasteiger partial charge >= 0.3 is 5.97 Å². The number of ether oxygens (including phenoxy) is 1. The smallest absolute Gasteiger partial charge is 0.339 e. The number of carbonyl (C=O) groups excluding carboxylic acids is 2. The van der Waals surface area contributed by atoms with Crippen LogP contribution in [0.3, 0.4) is 0 Å². The Morgan fingerprint density at radius 1 is 1.19 bits per heavy atom. The molecule has 0 saturated carbocycles. The zero-order chi connectivity index (χ0) is 15.2. The van der Waals surface area contributed by atoms with Crippen molar-refractivity contribution in [1.82, 2.24) is 9.97 Å². The molecule has 0 bridgehead atoms. The summed E-state index contributed by atoms with van der Waals surface area (Å²) in [6, 6.07) is 8.63. The summed E-state index contributed by atoms with van der Waals surface area (Å²) in [6.45, 7) is 1.49. The van der Waals surface area contributed by atoms with Gasteiger partial charge in [-0.1, -0.05) is 12.1 Å². The summed E-state index contributed by atoms with van der Waals surface area (Å²) in [5.41, 5.74) is 0.425.